The lowest BCUT2D eigenvalue weighted by Crippen LogP contribution is -1.99. The van der Waals surface area contributed by atoms with E-state index in [-0.39, 0.29) is 6.61 Å². The topological polar surface area (TPSA) is 88.1 Å². The predicted octanol–water partition coefficient (Wildman–Crippen LogP) is 4.25. The van der Waals surface area contributed by atoms with E-state index in [0.717, 1.165) is 39.2 Å². The summed E-state index contributed by atoms with van der Waals surface area (Å²) in [4.78, 5) is 14.8. The molecule has 0 N–H and O–H groups in total. The Kier molecular flexibility index (Phi) is 5.59. The van der Waals surface area contributed by atoms with Crippen molar-refractivity contribution in [3.8, 4) is 17.2 Å². The van der Waals surface area contributed by atoms with Gasteiger partial charge in [-0.1, -0.05) is 23.4 Å². The number of nitrogens with zero attached hydrogens (tertiary/aromatic N) is 6. The largest absolute Gasteiger partial charge is 0.493 e. The number of para-hydroxylation sites is 1. The van der Waals surface area contributed by atoms with Crippen LogP contribution >= 0.6 is 0 Å². The van der Waals surface area contributed by atoms with E-state index in [2.05, 4.69) is 45.8 Å². The zero-order valence-corrected chi connectivity index (χ0v) is 19.4. The third-order valence-electron chi connectivity index (χ3n) is 5.77. The molecule has 0 fully saturated rings. The Labute approximate surface area is 196 Å². The Bertz CT molecular complexity index is 1500. The smallest absolute Gasteiger partial charge is 0.192 e. The van der Waals surface area contributed by atoms with Gasteiger partial charge in [-0.3, -0.25) is 4.57 Å². The minimum atomic E-state index is 0.129. The molecule has 3 aromatic heterocycles. The fourth-order valence-electron chi connectivity index (χ4n) is 3.99. The first-order valence-electron chi connectivity index (χ1n) is 10.8. The van der Waals surface area contributed by atoms with Gasteiger partial charge in [0, 0.05) is 16.9 Å². The van der Waals surface area contributed by atoms with E-state index in [0.29, 0.717) is 17.3 Å². The maximum atomic E-state index is 5.46. The van der Waals surface area contributed by atoms with Gasteiger partial charge in [0.2, 0.25) is 0 Å². The average Bonchev–Trinajstić information content (AvgIpc) is 3.40. The van der Waals surface area contributed by atoms with Crippen LogP contribution in [0.1, 0.15) is 22.6 Å². The Balaban J connectivity index is 1.40. The van der Waals surface area contributed by atoms with E-state index in [1.807, 2.05) is 36.4 Å². The van der Waals surface area contributed by atoms with Gasteiger partial charge in [0.15, 0.2) is 35.2 Å². The molecule has 5 rings (SSSR count). The molecule has 9 heteroatoms. The van der Waals surface area contributed by atoms with Crippen molar-refractivity contribution < 1.29 is 14.3 Å². The molecule has 0 saturated heterocycles. The van der Waals surface area contributed by atoms with E-state index >= 15 is 0 Å². The average molecular weight is 457 g/mol. The lowest BCUT2D eigenvalue weighted by atomic mass is 10.2. The fourth-order valence-corrected chi connectivity index (χ4v) is 3.99. The molecule has 0 unspecified atom stereocenters. The molecule has 0 saturated carbocycles. The number of ether oxygens (including phenoxy) is 2. The molecule has 3 heterocycles. The van der Waals surface area contributed by atoms with Gasteiger partial charge in [0.25, 0.3) is 0 Å². The maximum Gasteiger partial charge on any atom is 0.192 e. The number of aryl methyl sites for hydroxylation is 1. The zero-order valence-electron chi connectivity index (χ0n) is 19.4. The highest BCUT2D eigenvalue weighted by Gasteiger charge is 2.18. The second kappa shape index (κ2) is 8.86. The van der Waals surface area contributed by atoms with Gasteiger partial charge in [-0.25, -0.2) is 14.5 Å². The molecule has 34 heavy (non-hydrogen) atoms. The lowest BCUT2D eigenvalue weighted by Gasteiger charge is -2.07. The second-order valence-corrected chi connectivity index (χ2v) is 7.74. The molecule has 0 aliphatic carbocycles. The minimum Gasteiger partial charge on any atom is -0.493 e. The van der Waals surface area contributed by atoms with E-state index in [4.69, 9.17) is 19.3 Å². The van der Waals surface area contributed by atoms with Crippen LogP contribution in [0.4, 0.5) is 0 Å². The van der Waals surface area contributed by atoms with Crippen LogP contribution in [0.5, 0.6) is 11.5 Å². The van der Waals surface area contributed by atoms with Crippen molar-refractivity contribution in [1.82, 2.24) is 24.1 Å². The van der Waals surface area contributed by atoms with Crippen molar-refractivity contribution in [2.45, 2.75) is 20.5 Å². The maximum absolute atomic E-state index is 5.46. The predicted molar refractivity (Wildman–Crippen MR) is 129 cm³/mol. The summed E-state index contributed by atoms with van der Waals surface area (Å²) in [7, 11) is 3.19. The van der Waals surface area contributed by atoms with Crippen molar-refractivity contribution in [1.29, 1.82) is 0 Å². The molecule has 0 amide bonds. The van der Waals surface area contributed by atoms with Gasteiger partial charge in [0.05, 0.1) is 25.8 Å². The van der Waals surface area contributed by atoms with E-state index in [1.165, 1.54) is 0 Å². The first kappa shape index (κ1) is 21.4. The van der Waals surface area contributed by atoms with E-state index in [9.17, 15) is 0 Å². The minimum absolute atomic E-state index is 0.129. The van der Waals surface area contributed by atoms with Crippen LogP contribution in [-0.4, -0.2) is 44.6 Å². The molecule has 0 aliphatic heterocycles. The number of aromatic nitrogens is 5. The normalized spacial score (nSPS) is 11.5. The van der Waals surface area contributed by atoms with Crippen LogP contribution in [0.3, 0.4) is 0 Å². The standard InChI is InChI=1S/C25H24N6O3/c1-16-17(2)31(19-8-6-5-7-9-19)24-23(16)25-28-22(29-30(25)15-26-24)14-34-27-13-18-10-11-20(32-3)21(12-18)33-4/h5-13,15H,14H2,1-4H3/b27-13+. The monoisotopic (exact) mass is 456 g/mol. The summed E-state index contributed by atoms with van der Waals surface area (Å²) >= 11 is 0. The van der Waals surface area contributed by atoms with Crippen LogP contribution in [0.25, 0.3) is 22.4 Å². The van der Waals surface area contributed by atoms with Crippen molar-refractivity contribution in [2.75, 3.05) is 14.2 Å². The number of fused-ring (bicyclic) bond motifs is 3. The summed E-state index contributed by atoms with van der Waals surface area (Å²) in [5.74, 6) is 1.79. The van der Waals surface area contributed by atoms with Crippen LogP contribution in [-0.2, 0) is 11.4 Å². The third kappa shape index (κ3) is 3.71. The number of benzene rings is 2. The van der Waals surface area contributed by atoms with Crippen molar-refractivity contribution in [3.05, 3.63) is 77.5 Å². The summed E-state index contributed by atoms with van der Waals surface area (Å²) in [6, 6.07) is 15.7. The van der Waals surface area contributed by atoms with Crippen LogP contribution < -0.4 is 9.47 Å². The quantitative estimate of drug-likeness (QED) is 0.269. The van der Waals surface area contributed by atoms with E-state index in [1.54, 1.807) is 31.3 Å². The lowest BCUT2D eigenvalue weighted by molar-refractivity contribution is 0.126. The number of hydrogen-bond acceptors (Lipinski definition) is 7. The molecule has 0 aliphatic rings. The number of oxime groups is 1. The molecular weight excluding hydrogens is 432 g/mol. The van der Waals surface area contributed by atoms with Crippen LogP contribution in [0, 0.1) is 13.8 Å². The molecule has 5 aromatic rings. The Morgan fingerprint density at radius 1 is 0.971 bits per heavy atom. The van der Waals surface area contributed by atoms with Crippen molar-refractivity contribution in [3.63, 3.8) is 0 Å². The highest BCUT2D eigenvalue weighted by molar-refractivity contribution is 5.95. The summed E-state index contributed by atoms with van der Waals surface area (Å²) in [6.45, 7) is 4.30. The number of methoxy groups -OCH3 is 2. The zero-order chi connectivity index (χ0) is 23.7. The second-order valence-electron chi connectivity index (χ2n) is 7.74. The van der Waals surface area contributed by atoms with Gasteiger partial charge < -0.3 is 14.3 Å². The summed E-state index contributed by atoms with van der Waals surface area (Å²) < 4.78 is 14.4. The van der Waals surface area contributed by atoms with Gasteiger partial charge in [0.1, 0.15) is 6.33 Å². The highest BCUT2D eigenvalue weighted by Crippen LogP contribution is 2.30. The molecule has 0 spiro atoms. The Morgan fingerprint density at radius 2 is 1.76 bits per heavy atom. The molecule has 2 aromatic carbocycles. The van der Waals surface area contributed by atoms with Gasteiger partial charge in [-0.15, -0.1) is 5.10 Å². The highest BCUT2D eigenvalue weighted by atomic mass is 16.6. The Morgan fingerprint density at radius 3 is 2.53 bits per heavy atom. The van der Waals surface area contributed by atoms with Gasteiger partial charge >= 0.3 is 0 Å². The first-order chi connectivity index (χ1) is 16.6. The summed E-state index contributed by atoms with van der Waals surface area (Å²) in [6.07, 6.45) is 3.28. The molecular formula is C25H24N6O3. The van der Waals surface area contributed by atoms with Crippen molar-refractivity contribution >= 4 is 22.9 Å². The number of rotatable bonds is 7. The van der Waals surface area contributed by atoms with E-state index < -0.39 is 0 Å². The molecule has 0 bridgehead atoms. The SMILES string of the molecule is COc1ccc(/C=N/OCc2nc3c4c(C)c(C)n(-c5ccccc5)c4ncn3n2)cc1OC. The summed E-state index contributed by atoms with van der Waals surface area (Å²) in [5.41, 5.74) is 5.69. The van der Waals surface area contributed by atoms with Crippen LogP contribution in [0.2, 0.25) is 0 Å². The third-order valence-corrected chi connectivity index (χ3v) is 5.77. The Hall–Kier alpha value is -4.40. The molecule has 172 valence electrons. The van der Waals surface area contributed by atoms with Crippen molar-refractivity contribution in [2.24, 2.45) is 5.16 Å². The van der Waals surface area contributed by atoms with Crippen LogP contribution in [0.15, 0.2) is 60.0 Å². The molecule has 0 atom stereocenters. The van der Waals surface area contributed by atoms with Gasteiger partial charge in [-0.2, -0.15) is 0 Å². The fraction of sp³-hybridized carbons (Fsp3) is 0.200. The molecule has 9 nitrogen and oxygen atoms in total. The first-order valence-corrected chi connectivity index (χ1v) is 10.8. The molecule has 0 radical (unpaired) electrons. The van der Waals surface area contributed by atoms with Gasteiger partial charge in [-0.05, 0) is 49.7 Å². The number of hydrogen-bond donors (Lipinski definition) is 0. The summed E-state index contributed by atoms with van der Waals surface area (Å²) in [5, 5.41) is 9.52.